The maximum Gasteiger partial charge on any atom is 0.0469 e. The summed E-state index contributed by atoms with van der Waals surface area (Å²) in [5.74, 6) is 2.57. The Morgan fingerprint density at radius 1 is 1.24 bits per heavy atom. The van der Waals surface area contributed by atoms with Gasteiger partial charge in [0.05, 0.1) is 0 Å². The Hall–Kier alpha value is 0.440. The maximum atomic E-state index is 5.74. The highest BCUT2D eigenvalue weighted by molar-refractivity contribution is 9.09. The molecular weight excluding hydrogens is 276 g/mol. The van der Waals surface area contributed by atoms with Crippen molar-refractivity contribution < 1.29 is 4.74 Å². The van der Waals surface area contributed by atoms with Crippen LogP contribution < -0.4 is 0 Å². The van der Waals surface area contributed by atoms with Gasteiger partial charge >= 0.3 is 0 Å². The summed E-state index contributed by atoms with van der Waals surface area (Å²) in [6.07, 6.45) is 7.96. The first-order chi connectivity index (χ1) is 8.13. The average Bonchev–Trinajstić information content (AvgIpc) is 2.30. The lowest BCUT2D eigenvalue weighted by Crippen LogP contribution is -2.26. The number of hydrogen-bond donors (Lipinski definition) is 0. The van der Waals surface area contributed by atoms with Gasteiger partial charge in [0.15, 0.2) is 0 Å². The van der Waals surface area contributed by atoms with Gasteiger partial charge in [-0.1, -0.05) is 43.1 Å². The summed E-state index contributed by atoms with van der Waals surface area (Å²) in [6.45, 7) is 8.73. The molecule has 0 N–H and O–H groups in total. The molecule has 3 unspecified atom stereocenters. The summed E-state index contributed by atoms with van der Waals surface area (Å²) in [4.78, 5) is 0.735. The van der Waals surface area contributed by atoms with Gasteiger partial charge in [0, 0.05) is 18.0 Å². The molecule has 0 aromatic heterocycles. The Kier molecular flexibility index (Phi) is 7.77. The molecule has 0 amide bonds. The van der Waals surface area contributed by atoms with Crippen LogP contribution in [0.4, 0.5) is 0 Å². The van der Waals surface area contributed by atoms with E-state index >= 15 is 0 Å². The van der Waals surface area contributed by atoms with E-state index in [2.05, 4.69) is 36.7 Å². The highest BCUT2D eigenvalue weighted by Crippen LogP contribution is 2.37. The van der Waals surface area contributed by atoms with Crippen LogP contribution in [0.5, 0.6) is 0 Å². The van der Waals surface area contributed by atoms with E-state index in [1.807, 2.05) is 0 Å². The molecule has 3 atom stereocenters. The molecule has 1 aliphatic carbocycles. The van der Waals surface area contributed by atoms with Gasteiger partial charge in [-0.05, 0) is 49.9 Å². The molecule has 0 heterocycles. The Labute approximate surface area is 116 Å². The van der Waals surface area contributed by atoms with Gasteiger partial charge in [0.1, 0.15) is 0 Å². The molecule has 2 heteroatoms. The van der Waals surface area contributed by atoms with Gasteiger partial charge in [0.2, 0.25) is 0 Å². The lowest BCUT2D eigenvalue weighted by atomic mass is 9.79. The molecule has 1 saturated carbocycles. The van der Waals surface area contributed by atoms with E-state index in [4.69, 9.17) is 4.74 Å². The van der Waals surface area contributed by atoms with Crippen LogP contribution >= 0.6 is 15.9 Å². The minimum Gasteiger partial charge on any atom is -0.381 e. The molecule has 0 aromatic rings. The van der Waals surface area contributed by atoms with Gasteiger partial charge in [-0.3, -0.25) is 0 Å². The number of rotatable bonds is 7. The number of alkyl halides is 1. The van der Waals surface area contributed by atoms with E-state index in [1.165, 1.54) is 38.5 Å². The number of hydrogen-bond acceptors (Lipinski definition) is 1. The fraction of sp³-hybridized carbons (Fsp3) is 1.00. The zero-order chi connectivity index (χ0) is 12.7. The molecule has 0 bridgehead atoms. The van der Waals surface area contributed by atoms with Crippen LogP contribution in [0.15, 0.2) is 0 Å². The van der Waals surface area contributed by atoms with Crippen molar-refractivity contribution in [2.24, 2.45) is 17.8 Å². The van der Waals surface area contributed by atoms with Crippen molar-refractivity contribution in [1.29, 1.82) is 0 Å². The molecule has 1 nitrogen and oxygen atoms in total. The highest BCUT2D eigenvalue weighted by atomic mass is 79.9. The monoisotopic (exact) mass is 304 g/mol. The van der Waals surface area contributed by atoms with E-state index in [1.54, 1.807) is 0 Å². The normalized spacial score (nSPS) is 29.8. The van der Waals surface area contributed by atoms with Crippen molar-refractivity contribution in [2.75, 3.05) is 13.2 Å². The van der Waals surface area contributed by atoms with Crippen molar-refractivity contribution in [1.82, 2.24) is 0 Å². The van der Waals surface area contributed by atoms with Crippen molar-refractivity contribution in [3.05, 3.63) is 0 Å². The van der Waals surface area contributed by atoms with Gasteiger partial charge in [-0.15, -0.1) is 0 Å². The largest absolute Gasteiger partial charge is 0.381 e. The van der Waals surface area contributed by atoms with Gasteiger partial charge < -0.3 is 4.74 Å². The number of ether oxygens (including phenoxy) is 1. The van der Waals surface area contributed by atoms with E-state index < -0.39 is 0 Å². The second-order valence-corrected chi connectivity index (χ2v) is 7.12. The molecule has 1 rings (SSSR count). The Balaban J connectivity index is 2.12. The van der Waals surface area contributed by atoms with Crippen LogP contribution in [-0.4, -0.2) is 18.0 Å². The SMILES string of the molecule is CCC1CCC(Br)C(CCOCCC(C)C)C1. The lowest BCUT2D eigenvalue weighted by Gasteiger charge is -2.32. The minimum atomic E-state index is 0.735. The third-order valence-corrected chi connectivity index (χ3v) is 5.25. The molecule has 0 saturated heterocycles. The fourth-order valence-electron chi connectivity index (χ4n) is 2.65. The van der Waals surface area contributed by atoms with Gasteiger partial charge in [-0.2, -0.15) is 0 Å². The smallest absolute Gasteiger partial charge is 0.0469 e. The van der Waals surface area contributed by atoms with Crippen molar-refractivity contribution in [2.45, 2.75) is 64.1 Å². The topological polar surface area (TPSA) is 9.23 Å². The molecule has 17 heavy (non-hydrogen) atoms. The minimum absolute atomic E-state index is 0.735. The van der Waals surface area contributed by atoms with E-state index in [0.29, 0.717) is 0 Å². The Morgan fingerprint density at radius 2 is 2.00 bits per heavy atom. The summed E-state index contributed by atoms with van der Waals surface area (Å²) in [7, 11) is 0. The van der Waals surface area contributed by atoms with E-state index in [0.717, 1.165) is 35.8 Å². The van der Waals surface area contributed by atoms with Crippen LogP contribution in [0.3, 0.4) is 0 Å². The first kappa shape index (κ1) is 15.5. The first-order valence-corrected chi connectivity index (χ1v) is 8.26. The summed E-state index contributed by atoms with van der Waals surface area (Å²) in [5, 5.41) is 0. The second kappa shape index (κ2) is 8.53. The fourth-order valence-corrected chi connectivity index (χ4v) is 3.39. The highest BCUT2D eigenvalue weighted by Gasteiger charge is 2.27. The summed E-state index contributed by atoms with van der Waals surface area (Å²) >= 11 is 3.85. The zero-order valence-corrected chi connectivity index (χ0v) is 13.3. The predicted molar refractivity (Wildman–Crippen MR) is 78.7 cm³/mol. The Morgan fingerprint density at radius 3 is 2.65 bits per heavy atom. The van der Waals surface area contributed by atoms with Crippen LogP contribution in [0.1, 0.15) is 59.3 Å². The first-order valence-electron chi connectivity index (χ1n) is 7.35. The van der Waals surface area contributed by atoms with Gasteiger partial charge in [0.25, 0.3) is 0 Å². The van der Waals surface area contributed by atoms with E-state index in [-0.39, 0.29) is 0 Å². The molecule has 1 fully saturated rings. The third-order valence-electron chi connectivity index (χ3n) is 4.05. The van der Waals surface area contributed by atoms with Crippen LogP contribution in [0.2, 0.25) is 0 Å². The Bertz CT molecular complexity index is 193. The zero-order valence-electron chi connectivity index (χ0n) is 11.8. The van der Waals surface area contributed by atoms with Crippen LogP contribution in [0.25, 0.3) is 0 Å². The molecule has 0 radical (unpaired) electrons. The lowest BCUT2D eigenvalue weighted by molar-refractivity contribution is 0.101. The number of halogens is 1. The predicted octanol–water partition coefficient (Wildman–Crippen LogP) is 5.03. The molecule has 0 spiro atoms. The van der Waals surface area contributed by atoms with Crippen molar-refractivity contribution in [3.63, 3.8) is 0 Å². The summed E-state index contributed by atoms with van der Waals surface area (Å²) < 4.78 is 5.74. The molecular formula is C15H29BrO. The van der Waals surface area contributed by atoms with Gasteiger partial charge in [-0.25, -0.2) is 0 Å². The molecule has 0 aromatic carbocycles. The standard InChI is InChI=1S/C15H29BrO/c1-4-13-5-6-15(16)14(11-13)8-10-17-9-7-12(2)3/h12-15H,4-11H2,1-3H3. The van der Waals surface area contributed by atoms with E-state index in [9.17, 15) is 0 Å². The van der Waals surface area contributed by atoms with Crippen LogP contribution in [0, 0.1) is 17.8 Å². The molecule has 0 aliphatic heterocycles. The molecule has 102 valence electrons. The third kappa shape index (κ3) is 6.24. The van der Waals surface area contributed by atoms with Crippen molar-refractivity contribution in [3.8, 4) is 0 Å². The average molecular weight is 305 g/mol. The van der Waals surface area contributed by atoms with Crippen molar-refractivity contribution >= 4 is 15.9 Å². The second-order valence-electron chi connectivity index (χ2n) is 5.95. The summed E-state index contributed by atoms with van der Waals surface area (Å²) in [5.41, 5.74) is 0. The van der Waals surface area contributed by atoms with Crippen LogP contribution in [-0.2, 0) is 4.74 Å². The summed E-state index contributed by atoms with van der Waals surface area (Å²) in [6, 6.07) is 0. The molecule has 1 aliphatic rings. The maximum absolute atomic E-state index is 5.74. The quantitative estimate of drug-likeness (QED) is 0.473.